The zero-order valence-electron chi connectivity index (χ0n) is 11.5. The van der Waals surface area contributed by atoms with Gasteiger partial charge >= 0.3 is 5.97 Å². The molecule has 2 N–H and O–H groups in total. The van der Waals surface area contributed by atoms with Gasteiger partial charge in [0.1, 0.15) is 11.4 Å². The second-order valence-corrected chi connectivity index (χ2v) is 6.24. The normalized spacial score (nSPS) is 15.6. The first-order chi connectivity index (χ1) is 8.85. The number of carbonyl (C=O) groups excluding carboxylic acids is 1. The van der Waals surface area contributed by atoms with Gasteiger partial charge in [-0.3, -0.25) is 4.79 Å². The van der Waals surface area contributed by atoms with Crippen molar-refractivity contribution in [3.8, 4) is 0 Å². The van der Waals surface area contributed by atoms with Crippen molar-refractivity contribution in [3.63, 3.8) is 0 Å². The van der Waals surface area contributed by atoms with Crippen LogP contribution < -0.4 is 5.73 Å². The zero-order chi connectivity index (χ0) is 14.5. The van der Waals surface area contributed by atoms with E-state index in [9.17, 15) is 9.18 Å². The summed E-state index contributed by atoms with van der Waals surface area (Å²) in [7, 11) is 0. The number of thioether (sulfide) groups is 1. The lowest BCUT2D eigenvalue weighted by Gasteiger charge is -2.25. The van der Waals surface area contributed by atoms with Crippen LogP contribution in [0.5, 0.6) is 0 Å². The van der Waals surface area contributed by atoms with E-state index in [-0.39, 0.29) is 17.0 Å². The maximum Gasteiger partial charge on any atom is 0.325 e. The molecule has 2 atom stereocenters. The number of rotatable bonds is 6. The highest BCUT2D eigenvalue weighted by Crippen LogP contribution is 2.28. The summed E-state index contributed by atoms with van der Waals surface area (Å²) in [5.41, 5.74) is 4.98. The van der Waals surface area contributed by atoms with Crippen molar-refractivity contribution >= 4 is 17.7 Å². The van der Waals surface area contributed by atoms with Crippen molar-refractivity contribution in [1.82, 2.24) is 0 Å². The van der Waals surface area contributed by atoms with E-state index in [1.807, 2.05) is 6.92 Å². The lowest BCUT2D eigenvalue weighted by Crippen LogP contribution is -2.47. The molecule has 1 aromatic rings. The van der Waals surface area contributed by atoms with Crippen molar-refractivity contribution < 1.29 is 13.9 Å². The van der Waals surface area contributed by atoms with Crippen LogP contribution >= 0.6 is 11.8 Å². The summed E-state index contributed by atoms with van der Waals surface area (Å²) < 4.78 is 17.7. The van der Waals surface area contributed by atoms with Crippen molar-refractivity contribution in [2.24, 2.45) is 5.73 Å². The topological polar surface area (TPSA) is 52.3 Å². The highest BCUT2D eigenvalue weighted by molar-refractivity contribution is 7.99. The molecule has 0 saturated carbocycles. The van der Waals surface area contributed by atoms with E-state index >= 15 is 0 Å². The van der Waals surface area contributed by atoms with E-state index in [1.54, 1.807) is 37.7 Å². The third kappa shape index (κ3) is 5.20. The predicted molar refractivity (Wildman–Crippen MR) is 75.6 cm³/mol. The van der Waals surface area contributed by atoms with Crippen molar-refractivity contribution in [2.75, 3.05) is 6.61 Å². The SMILES string of the molecule is CCOC(=O)C(C)(N)CC(C)Sc1ccc(F)cc1. The lowest BCUT2D eigenvalue weighted by molar-refractivity contribution is -0.149. The third-order valence-corrected chi connectivity index (χ3v) is 3.72. The summed E-state index contributed by atoms with van der Waals surface area (Å²) >= 11 is 1.56. The molecule has 0 saturated heterocycles. The molecular weight excluding hydrogens is 265 g/mol. The maximum absolute atomic E-state index is 12.8. The molecule has 1 rings (SSSR count). The number of hydrogen-bond acceptors (Lipinski definition) is 4. The van der Waals surface area contributed by atoms with E-state index in [4.69, 9.17) is 10.5 Å². The Bertz CT molecular complexity index is 420. The summed E-state index contributed by atoms with van der Waals surface area (Å²) in [6, 6.07) is 6.27. The monoisotopic (exact) mass is 285 g/mol. The first-order valence-corrected chi connectivity index (χ1v) is 7.11. The second kappa shape index (κ2) is 6.91. The predicted octanol–water partition coefficient (Wildman–Crippen LogP) is 2.98. The largest absolute Gasteiger partial charge is 0.465 e. The molecule has 5 heteroatoms. The summed E-state index contributed by atoms with van der Waals surface area (Å²) in [5, 5.41) is 0.130. The third-order valence-electron chi connectivity index (χ3n) is 2.60. The van der Waals surface area contributed by atoms with Crippen molar-refractivity contribution in [1.29, 1.82) is 0 Å². The highest BCUT2D eigenvalue weighted by atomic mass is 32.2. The average Bonchev–Trinajstić information content (AvgIpc) is 2.31. The Labute approximate surface area is 117 Å². The van der Waals surface area contributed by atoms with Crippen LogP contribution in [0.4, 0.5) is 4.39 Å². The Balaban J connectivity index is 2.56. The maximum atomic E-state index is 12.8. The molecule has 0 aromatic heterocycles. The Morgan fingerprint density at radius 3 is 2.58 bits per heavy atom. The Morgan fingerprint density at radius 2 is 2.05 bits per heavy atom. The molecular formula is C14H20FNO2S. The minimum Gasteiger partial charge on any atom is -0.465 e. The summed E-state index contributed by atoms with van der Waals surface area (Å²) in [6.07, 6.45) is 0.494. The van der Waals surface area contributed by atoms with Gasteiger partial charge in [-0.1, -0.05) is 6.92 Å². The fourth-order valence-corrected chi connectivity index (χ4v) is 2.95. The van der Waals surface area contributed by atoms with Crippen LogP contribution in [0.25, 0.3) is 0 Å². The summed E-state index contributed by atoms with van der Waals surface area (Å²) in [4.78, 5) is 12.6. The van der Waals surface area contributed by atoms with Crippen LogP contribution in [-0.4, -0.2) is 23.4 Å². The number of halogens is 1. The Kier molecular flexibility index (Phi) is 5.82. The van der Waals surface area contributed by atoms with Crippen LogP contribution in [0, 0.1) is 5.82 Å². The molecule has 2 unspecified atom stereocenters. The lowest BCUT2D eigenvalue weighted by atomic mass is 9.98. The number of nitrogens with two attached hydrogens (primary N) is 1. The van der Waals surface area contributed by atoms with E-state index in [0.29, 0.717) is 13.0 Å². The molecule has 0 spiro atoms. The molecule has 0 fully saturated rings. The number of benzene rings is 1. The minimum atomic E-state index is -0.998. The van der Waals surface area contributed by atoms with Crippen LogP contribution in [0.1, 0.15) is 27.2 Å². The first-order valence-electron chi connectivity index (χ1n) is 6.23. The molecule has 0 heterocycles. The molecule has 0 amide bonds. The van der Waals surface area contributed by atoms with Crippen LogP contribution in [0.3, 0.4) is 0 Å². The van der Waals surface area contributed by atoms with Crippen LogP contribution in [0.15, 0.2) is 29.2 Å². The molecule has 106 valence electrons. The van der Waals surface area contributed by atoms with Gasteiger partial charge in [-0.05, 0) is 44.5 Å². The standard InChI is InChI=1S/C14H20FNO2S/c1-4-18-13(17)14(3,16)9-10(2)19-12-7-5-11(15)6-8-12/h5-8,10H,4,9,16H2,1-3H3. The highest BCUT2D eigenvalue weighted by Gasteiger charge is 2.31. The summed E-state index contributed by atoms with van der Waals surface area (Å²) in [5.74, 6) is -0.645. The Hall–Kier alpha value is -1.07. The first kappa shape index (κ1) is 16.0. The molecule has 0 aliphatic heterocycles. The van der Waals surface area contributed by atoms with E-state index in [2.05, 4.69) is 0 Å². The van der Waals surface area contributed by atoms with Gasteiger partial charge in [0.15, 0.2) is 0 Å². The van der Waals surface area contributed by atoms with Crippen LogP contribution in [-0.2, 0) is 9.53 Å². The molecule has 0 aliphatic carbocycles. The van der Waals surface area contributed by atoms with Gasteiger partial charge in [0.2, 0.25) is 0 Å². The number of hydrogen-bond donors (Lipinski definition) is 1. The van der Waals surface area contributed by atoms with E-state index in [0.717, 1.165) is 4.90 Å². The molecule has 0 bridgehead atoms. The van der Waals surface area contributed by atoms with Gasteiger partial charge in [0, 0.05) is 10.1 Å². The van der Waals surface area contributed by atoms with Crippen LogP contribution in [0.2, 0.25) is 0 Å². The molecule has 0 aliphatic rings. The van der Waals surface area contributed by atoms with Gasteiger partial charge in [-0.25, -0.2) is 4.39 Å². The molecule has 1 aromatic carbocycles. The van der Waals surface area contributed by atoms with Gasteiger partial charge in [-0.15, -0.1) is 11.8 Å². The number of ether oxygens (including phenoxy) is 1. The fraction of sp³-hybridized carbons (Fsp3) is 0.500. The number of carbonyl (C=O) groups is 1. The van der Waals surface area contributed by atoms with E-state index < -0.39 is 5.54 Å². The molecule has 0 radical (unpaired) electrons. The van der Waals surface area contributed by atoms with E-state index in [1.165, 1.54) is 12.1 Å². The minimum absolute atomic E-state index is 0.130. The van der Waals surface area contributed by atoms with Gasteiger partial charge in [0.25, 0.3) is 0 Å². The van der Waals surface area contributed by atoms with Gasteiger partial charge in [0.05, 0.1) is 6.61 Å². The number of esters is 1. The smallest absolute Gasteiger partial charge is 0.325 e. The summed E-state index contributed by atoms with van der Waals surface area (Å²) in [6.45, 7) is 5.74. The Morgan fingerprint density at radius 1 is 1.47 bits per heavy atom. The zero-order valence-corrected chi connectivity index (χ0v) is 12.3. The van der Waals surface area contributed by atoms with Crippen molar-refractivity contribution in [3.05, 3.63) is 30.1 Å². The van der Waals surface area contributed by atoms with Gasteiger partial charge in [-0.2, -0.15) is 0 Å². The molecule has 3 nitrogen and oxygen atoms in total. The second-order valence-electron chi connectivity index (χ2n) is 4.72. The average molecular weight is 285 g/mol. The van der Waals surface area contributed by atoms with Gasteiger partial charge < -0.3 is 10.5 Å². The fourth-order valence-electron chi connectivity index (χ4n) is 1.76. The molecule has 19 heavy (non-hydrogen) atoms. The van der Waals surface area contributed by atoms with Crippen molar-refractivity contribution in [2.45, 2.75) is 42.9 Å². The quantitative estimate of drug-likeness (QED) is 0.645.